The van der Waals surface area contributed by atoms with Gasteiger partial charge in [0.1, 0.15) is 0 Å². The first-order chi connectivity index (χ1) is 14.5. The van der Waals surface area contributed by atoms with Crippen molar-refractivity contribution in [1.29, 1.82) is 0 Å². The molecule has 176 valence electrons. The van der Waals surface area contributed by atoms with Gasteiger partial charge in [-0.05, 0) is 104 Å². The minimum absolute atomic E-state index is 0.121. The SMILES string of the molecule is CC(=CC(C)C1CCC2C3CC=C4C(C)C(O)CCC4(C)C3CCC12C)C(C)C(C)C. The first kappa shape index (κ1) is 23.6. The zero-order chi connectivity index (χ0) is 22.7. The van der Waals surface area contributed by atoms with Gasteiger partial charge in [0.05, 0.1) is 6.10 Å². The molecule has 0 aromatic heterocycles. The second-order valence-corrected chi connectivity index (χ2v) is 13.1. The van der Waals surface area contributed by atoms with Crippen molar-refractivity contribution < 1.29 is 5.11 Å². The number of rotatable bonds is 4. The molecule has 0 aliphatic heterocycles. The third kappa shape index (κ3) is 3.70. The first-order valence-corrected chi connectivity index (χ1v) is 13.6. The monoisotopic (exact) mass is 426 g/mol. The summed E-state index contributed by atoms with van der Waals surface area (Å²) in [5.41, 5.74) is 4.08. The van der Waals surface area contributed by atoms with Crippen LogP contribution in [0.2, 0.25) is 0 Å². The van der Waals surface area contributed by atoms with Gasteiger partial charge in [0.25, 0.3) is 0 Å². The van der Waals surface area contributed by atoms with E-state index in [1.54, 1.807) is 11.1 Å². The Kier molecular flexibility index (Phi) is 6.35. The molecule has 0 heterocycles. The van der Waals surface area contributed by atoms with Crippen LogP contribution >= 0.6 is 0 Å². The minimum Gasteiger partial charge on any atom is -0.393 e. The smallest absolute Gasteiger partial charge is 0.0603 e. The highest BCUT2D eigenvalue weighted by molar-refractivity contribution is 5.27. The van der Waals surface area contributed by atoms with E-state index in [2.05, 4.69) is 67.5 Å². The van der Waals surface area contributed by atoms with E-state index in [0.29, 0.717) is 28.6 Å². The Hall–Kier alpha value is -0.560. The third-order valence-corrected chi connectivity index (χ3v) is 11.5. The number of hydrogen-bond acceptors (Lipinski definition) is 1. The largest absolute Gasteiger partial charge is 0.393 e. The molecule has 0 radical (unpaired) electrons. The lowest BCUT2D eigenvalue weighted by atomic mass is 9.46. The Morgan fingerprint density at radius 1 is 1.03 bits per heavy atom. The van der Waals surface area contributed by atoms with E-state index in [-0.39, 0.29) is 6.10 Å². The first-order valence-electron chi connectivity index (χ1n) is 13.6. The predicted octanol–water partition coefficient (Wildman–Crippen LogP) is 8.05. The molecule has 4 aliphatic rings. The molecule has 0 saturated heterocycles. The molecule has 31 heavy (non-hydrogen) atoms. The molecule has 10 atom stereocenters. The van der Waals surface area contributed by atoms with Crippen molar-refractivity contribution in [1.82, 2.24) is 0 Å². The number of hydrogen-bond donors (Lipinski definition) is 1. The van der Waals surface area contributed by atoms with Crippen molar-refractivity contribution in [3.63, 3.8) is 0 Å². The Morgan fingerprint density at radius 3 is 2.42 bits per heavy atom. The summed E-state index contributed by atoms with van der Waals surface area (Å²) in [6.07, 6.45) is 14.3. The number of aliphatic hydroxyl groups excluding tert-OH is 1. The van der Waals surface area contributed by atoms with Crippen LogP contribution in [-0.2, 0) is 0 Å². The minimum atomic E-state index is -0.121. The quantitative estimate of drug-likeness (QED) is 0.451. The van der Waals surface area contributed by atoms with Crippen molar-refractivity contribution in [3.8, 4) is 0 Å². The highest BCUT2D eigenvalue weighted by Crippen LogP contribution is 2.67. The van der Waals surface area contributed by atoms with Crippen LogP contribution < -0.4 is 0 Å². The summed E-state index contributed by atoms with van der Waals surface area (Å²) in [5.74, 6) is 5.92. The Morgan fingerprint density at radius 2 is 1.74 bits per heavy atom. The molecule has 1 nitrogen and oxygen atoms in total. The molecule has 0 spiro atoms. The van der Waals surface area contributed by atoms with E-state index in [1.807, 2.05) is 0 Å². The average Bonchev–Trinajstić information content (AvgIpc) is 3.07. The highest BCUT2D eigenvalue weighted by Gasteiger charge is 2.59. The molecule has 10 unspecified atom stereocenters. The molecule has 4 aliphatic carbocycles. The van der Waals surface area contributed by atoms with Crippen molar-refractivity contribution in [3.05, 3.63) is 23.3 Å². The second-order valence-electron chi connectivity index (χ2n) is 13.1. The standard InChI is InChI=1S/C30H50O/c1-18(2)21(5)19(3)17-20(4)24-11-12-26-23-9-10-25-22(6)28(31)14-16-30(25,8)27(23)13-15-29(24,26)7/h10,17-18,20-24,26-28,31H,9,11-16H2,1-8H3. The topological polar surface area (TPSA) is 20.2 Å². The summed E-state index contributed by atoms with van der Waals surface area (Å²) >= 11 is 0. The molecule has 0 bridgehead atoms. The van der Waals surface area contributed by atoms with Crippen LogP contribution in [0.25, 0.3) is 0 Å². The molecule has 0 aromatic rings. The summed E-state index contributed by atoms with van der Waals surface area (Å²) in [4.78, 5) is 0. The Labute approximate surface area is 193 Å². The van der Waals surface area contributed by atoms with Crippen LogP contribution in [0.3, 0.4) is 0 Å². The maximum atomic E-state index is 10.5. The summed E-state index contributed by atoms with van der Waals surface area (Å²) in [6.45, 7) is 19.5. The van der Waals surface area contributed by atoms with Crippen LogP contribution in [0.5, 0.6) is 0 Å². The fourth-order valence-corrected chi connectivity index (χ4v) is 9.17. The lowest BCUT2D eigenvalue weighted by Crippen LogP contribution is -2.52. The van der Waals surface area contributed by atoms with E-state index in [0.717, 1.165) is 36.0 Å². The van der Waals surface area contributed by atoms with Crippen LogP contribution in [0.15, 0.2) is 23.3 Å². The molecule has 1 N–H and O–H groups in total. The number of aliphatic hydroxyl groups is 1. The number of fused-ring (bicyclic) bond motifs is 5. The summed E-state index contributed by atoms with van der Waals surface area (Å²) < 4.78 is 0. The van der Waals surface area contributed by atoms with Gasteiger partial charge in [0, 0.05) is 5.92 Å². The van der Waals surface area contributed by atoms with Gasteiger partial charge in [0.15, 0.2) is 0 Å². The van der Waals surface area contributed by atoms with Gasteiger partial charge in [0.2, 0.25) is 0 Å². The van der Waals surface area contributed by atoms with Gasteiger partial charge in [-0.25, -0.2) is 0 Å². The molecule has 1 heteroatoms. The molecule has 0 amide bonds. The normalized spacial score (nSPS) is 47.3. The molecular formula is C30H50O. The summed E-state index contributed by atoms with van der Waals surface area (Å²) in [6, 6.07) is 0. The van der Waals surface area contributed by atoms with Crippen molar-refractivity contribution >= 4 is 0 Å². The fourth-order valence-electron chi connectivity index (χ4n) is 9.17. The lowest BCUT2D eigenvalue weighted by molar-refractivity contribution is -0.0617. The van der Waals surface area contributed by atoms with Crippen LogP contribution in [0.4, 0.5) is 0 Å². The number of allylic oxidation sites excluding steroid dienone is 3. The van der Waals surface area contributed by atoms with Crippen LogP contribution in [-0.4, -0.2) is 11.2 Å². The van der Waals surface area contributed by atoms with Gasteiger partial charge in [-0.2, -0.15) is 0 Å². The van der Waals surface area contributed by atoms with Crippen LogP contribution in [0, 0.1) is 58.2 Å². The van der Waals surface area contributed by atoms with E-state index < -0.39 is 0 Å². The summed E-state index contributed by atoms with van der Waals surface area (Å²) in [5, 5.41) is 10.5. The van der Waals surface area contributed by atoms with Crippen molar-refractivity contribution in [2.24, 2.45) is 58.2 Å². The Balaban J connectivity index is 1.57. The highest BCUT2D eigenvalue weighted by atomic mass is 16.3. The third-order valence-electron chi connectivity index (χ3n) is 11.5. The average molecular weight is 427 g/mol. The van der Waals surface area contributed by atoms with Crippen molar-refractivity contribution in [2.75, 3.05) is 0 Å². The van der Waals surface area contributed by atoms with Gasteiger partial charge in [-0.15, -0.1) is 0 Å². The maximum Gasteiger partial charge on any atom is 0.0603 e. The van der Waals surface area contributed by atoms with Gasteiger partial charge < -0.3 is 5.11 Å². The second kappa shape index (κ2) is 8.34. The van der Waals surface area contributed by atoms with E-state index >= 15 is 0 Å². The Bertz CT molecular complexity index is 731. The molecule has 4 rings (SSSR count). The zero-order valence-corrected chi connectivity index (χ0v) is 21.7. The molecule has 3 fully saturated rings. The maximum absolute atomic E-state index is 10.5. The lowest BCUT2D eigenvalue weighted by Gasteiger charge is -2.59. The van der Waals surface area contributed by atoms with Gasteiger partial charge in [-0.3, -0.25) is 0 Å². The van der Waals surface area contributed by atoms with E-state index in [1.165, 1.54) is 38.5 Å². The summed E-state index contributed by atoms with van der Waals surface area (Å²) in [7, 11) is 0. The van der Waals surface area contributed by atoms with E-state index in [9.17, 15) is 5.11 Å². The molecular weight excluding hydrogens is 376 g/mol. The van der Waals surface area contributed by atoms with Gasteiger partial charge >= 0.3 is 0 Å². The predicted molar refractivity (Wildman–Crippen MR) is 133 cm³/mol. The van der Waals surface area contributed by atoms with Crippen LogP contribution in [0.1, 0.15) is 100 Å². The fraction of sp³-hybridized carbons (Fsp3) is 0.867. The molecule has 0 aromatic carbocycles. The van der Waals surface area contributed by atoms with Crippen molar-refractivity contribution in [2.45, 2.75) is 106 Å². The van der Waals surface area contributed by atoms with Gasteiger partial charge in [-0.1, -0.05) is 71.8 Å². The van der Waals surface area contributed by atoms with E-state index in [4.69, 9.17) is 0 Å². The zero-order valence-electron chi connectivity index (χ0n) is 21.7. The molecule has 3 saturated carbocycles.